The predicted octanol–water partition coefficient (Wildman–Crippen LogP) is 3.14. The number of halogens is 3. The molecule has 0 radical (unpaired) electrons. The Morgan fingerprint density at radius 2 is 1.91 bits per heavy atom. The Balaban J connectivity index is 1.56. The van der Waals surface area contributed by atoms with Gasteiger partial charge in [0.1, 0.15) is 11.8 Å². The van der Waals surface area contributed by atoms with Crippen molar-refractivity contribution in [2.24, 2.45) is 0 Å². The number of carbonyl (C=O) groups is 2. The number of rotatable bonds is 4. The molecule has 0 spiro atoms. The average Bonchev–Trinajstić information content (AvgIpc) is 3.24. The quantitative estimate of drug-likeness (QED) is 0.695. The van der Waals surface area contributed by atoms with Crippen LogP contribution in [-0.4, -0.2) is 43.7 Å². The molecule has 0 unspecified atom stereocenters. The van der Waals surface area contributed by atoms with Crippen molar-refractivity contribution >= 4 is 33.2 Å². The smallest absolute Gasteiger partial charge is 0.416 e. The number of anilines is 2. The summed E-state index contributed by atoms with van der Waals surface area (Å²) in [6.07, 6.45) is -3.79. The fraction of sp³-hybridized carbons (Fsp3) is 0.333. The largest absolute Gasteiger partial charge is 0.482 e. The molecule has 2 aromatic rings. The first-order valence-corrected chi connectivity index (χ1v) is 11.5. The molecule has 8 nitrogen and oxygen atoms in total. The van der Waals surface area contributed by atoms with Crippen LogP contribution in [0.3, 0.4) is 0 Å². The highest BCUT2D eigenvalue weighted by Crippen LogP contribution is 2.36. The van der Waals surface area contributed by atoms with Gasteiger partial charge < -0.3 is 15.4 Å². The summed E-state index contributed by atoms with van der Waals surface area (Å²) in [5.74, 6) is -0.768. The monoisotopic (exact) mass is 483 g/mol. The number of ether oxygens (including phenoxy) is 1. The first kappa shape index (κ1) is 23.1. The van der Waals surface area contributed by atoms with Gasteiger partial charge in [-0.25, -0.2) is 8.42 Å². The van der Waals surface area contributed by atoms with Crippen LogP contribution in [0.15, 0.2) is 41.3 Å². The summed E-state index contributed by atoms with van der Waals surface area (Å²) < 4.78 is 71.4. The number of hydrogen-bond acceptors (Lipinski definition) is 5. The zero-order chi connectivity index (χ0) is 24.0. The zero-order valence-electron chi connectivity index (χ0n) is 17.4. The Bertz CT molecular complexity index is 1210. The Hall–Kier alpha value is -3.12. The lowest BCUT2D eigenvalue weighted by Crippen LogP contribution is -2.43. The third kappa shape index (κ3) is 4.53. The van der Waals surface area contributed by atoms with Gasteiger partial charge in [0, 0.05) is 18.3 Å². The molecule has 0 aromatic heterocycles. The highest BCUT2D eigenvalue weighted by atomic mass is 32.2. The minimum atomic E-state index is -4.50. The van der Waals surface area contributed by atoms with Crippen molar-refractivity contribution in [3.63, 3.8) is 0 Å². The molecule has 0 aliphatic carbocycles. The van der Waals surface area contributed by atoms with E-state index in [1.54, 1.807) is 6.92 Å². The fourth-order valence-electron chi connectivity index (χ4n) is 3.88. The van der Waals surface area contributed by atoms with E-state index >= 15 is 0 Å². The summed E-state index contributed by atoms with van der Waals surface area (Å²) in [5, 5.41) is 5.11. The molecule has 2 aliphatic rings. The van der Waals surface area contributed by atoms with Crippen LogP contribution in [0.4, 0.5) is 24.5 Å². The predicted molar refractivity (Wildman–Crippen MR) is 112 cm³/mol. The van der Waals surface area contributed by atoms with Crippen molar-refractivity contribution in [2.45, 2.75) is 36.9 Å². The fourth-order valence-corrected chi connectivity index (χ4v) is 5.76. The molecule has 1 saturated heterocycles. The van der Waals surface area contributed by atoms with Crippen LogP contribution in [-0.2, 0) is 25.8 Å². The van der Waals surface area contributed by atoms with Gasteiger partial charge in [0.15, 0.2) is 6.61 Å². The normalized spacial score (nSPS) is 18.9. The number of benzene rings is 2. The number of nitrogens with one attached hydrogen (secondary N) is 2. The SMILES string of the molecule is Cc1cc2c(cc1S(=O)(=O)N1CCC[C@H]1C(=O)Nc1ccc(C(F)(F)F)cc1)OCC(=O)N2. The molecule has 2 aromatic carbocycles. The van der Waals surface area contributed by atoms with Gasteiger partial charge in [-0.3, -0.25) is 9.59 Å². The third-order valence-electron chi connectivity index (χ3n) is 5.48. The van der Waals surface area contributed by atoms with Crippen molar-refractivity contribution in [2.75, 3.05) is 23.8 Å². The Morgan fingerprint density at radius 1 is 1.21 bits per heavy atom. The number of nitrogens with zero attached hydrogens (tertiary/aromatic N) is 1. The van der Waals surface area contributed by atoms with Crippen LogP contribution in [0.5, 0.6) is 5.75 Å². The van der Waals surface area contributed by atoms with E-state index in [9.17, 15) is 31.2 Å². The summed E-state index contributed by atoms with van der Waals surface area (Å²) in [6.45, 7) is 1.44. The van der Waals surface area contributed by atoms with Crippen LogP contribution in [0.1, 0.15) is 24.0 Å². The second-order valence-electron chi connectivity index (χ2n) is 7.79. The number of alkyl halides is 3. The molecule has 1 fully saturated rings. The summed E-state index contributed by atoms with van der Waals surface area (Å²) >= 11 is 0. The number of aryl methyl sites for hydroxylation is 1. The van der Waals surface area contributed by atoms with E-state index in [0.717, 1.165) is 28.6 Å². The van der Waals surface area contributed by atoms with Crippen LogP contribution in [0.25, 0.3) is 0 Å². The lowest BCUT2D eigenvalue weighted by atomic mass is 10.2. The van der Waals surface area contributed by atoms with E-state index in [-0.39, 0.29) is 41.8 Å². The molecule has 0 saturated carbocycles. The van der Waals surface area contributed by atoms with E-state index in [2.05, 4.69) is 10.6 Å². The number of hydrogen-bond donors (Lipinski definition) is 2. The minimum Gasteiger partial charge on any atom is -0.482 e. The van der Waals surface area contributed by atoms with E-state index in [0.29, 0.717) is 17.7 Å². The molecule has 33 heavy (non-hydrogen) atoms. The van der Waals surface area contributed by atoms with Gasteiger partial charge in [-0.05, 0) is 55.7 Å². The van der Waals surface area contributed by atoms with Crippen LogP contribution < -0.4 is 15.4 Å². The van der Waals surface area contributed by atoms with Crippen LogP contribution >= 0.6 is 0 Å². The third-order valence-corrected chi connectivity index (χ3v) is 7.53. The van der Waals surface area contributed by atoms with Crippen molar-refractivity contribution in [1.29, 1.82) is 0 Å². The molecule has 176 valence electrons. The first-order valence-electron chi connectivity index (χ1n) is 10.0. The van der Waals surface area contributed by atoms with Crippen LogP contribution in [0, 0.1) is 6.92 Å². The molecule has 2 amide bonds. The van der Waals surface area contributed by atoms with Crippen molar-refractivity contribution in [1.82, 2.24) is 4.31 Å². The first-order chi connectivity index (χ1) is 15.5. The van der Waals surface area contributed by atoms with Crippen molar-refractivity contribution < 1.29 is 35.9 Å². The number of sulfonamides is 1. The lowest BCUT2D eigenvalue weighted by molar-refractivity contribution is -0.137. The standard InChI is InChI=1S/C21H20F3N3O5S/c1-12-9-15-17(32-11-19(28)26-15)10-18(12)33(30,31)27-8-2-3-16(27)20(29)25-14-6-4-13(5-7-14)21(22,23)24/h4-7,9-10,16H,2-3,8,11H2,1H3,(H,25,29)(H,26,28)/t16-/m0/s1. The maximum Gasteiger partial charge on any atom is 0.416 e. The number of carbonyl (C=O) groups excluding carboxylic acids is 2. The van der Waals surface area contributed by atoms with Gasteiger partial charge in [-0.1, -0.05) is 0 Å². The van der Waals surface area contributed by atoms with Crippen molar-refractivity contribution in [3.05, 3.63) is 47.5 Å². The minimum absolute atomic E-state index is 0.0494. The summed E-state index contributed by atoms with van der Waals surface area (Å²) in [6, 6.07) is 5.71. The second kappa shape index (κ2) is 8.34. The maximum absolute atomic E-state index is 13.4. The van der Waals surface area contributed by atoms with E-state index in [1.165, 1.54) is 12.1 Å². The molecular weight excluding hydrogens is 463 g/mol. The van der Waals surface area contributed by atoms with Gasteiger partial charge in [-0.2, -0.15) is 17.5 Å². The Kier molecular flexibility index (Phi) is 5.83. The van der Waals surface area contributed by atoms with Gasteiger partial charge in [-0.15, -0.1) is 0 Å². The maximum atomic E-state index is 13.4. The lowest BCUT2D eigenvalue weighted by Gasteiger charge is -2.26. The Morgan fingerprint density at radius 3 is 2.58 bits per heavy atom. The van der Waals surface area contributed by atoms with E-state index in [4.69, 9.17) is 4.74 Å². The number of fused-ring (bicyclic) bond motifs is 1. The summed E-state index contributed by atoms with van der Waals surface area (Å²) in [7, 11) is -4.10. The van der Waals surface area contributed by atoms with Gasteiger partial charge >= 0.3 is 6.18 Å². The topological polar surface area (TPSA) is 105 Å². The van der Waals surface area contributed by atoms with Crippen molar-refractivity contribution in [3.8, 4) is 5.75 Å². The second-order valence-corrected chi connectivity index (χ2v) is 9.65. The summed E-state index contributed by atoms with van der Waals surface area (Å²) in [5.41, 5.74) is 0.00674. The molecule has 2 aliphatic heterocycles. The molecule has 1 atom stereocenters. The van der Waals surface area contributed by atoms with Gasteiger partial charge in [0.2, 0.25) is 15.9 Å². The summed E-state index contributed by atoms with van der Waals surface area (Å²) in [4.78, 5) is 24.3. The molecule has 0 bridgehead atoms. The number of amides is 2. The molecule has 2 N–H and O–H groups in total. The highest BCUT2D eigenvalue weighted by Gasteiger charge is 2.40. The zero-order valence-corrected chi connectivity index (χ0v) is 18.2. The van der Waals surface area contributed by atoms with Crippen LogP contribution in [0.2, 0.25) is 0 Å². The van der Waals surface area contributed by atoms with Gasteiger partial charge in [0.25, 0.3) is 5.91 Å². The molecule has 2 heterocycles. The average molecular weight is 483 g/mol. The van der Waals surface area contributed by atoms with E-state index in [1.807, 2.05) is 0 Å². The van der Waals surface area contributed by atoms with E-state index < -0.39 is 33.7 Å². The van der Waals surface area contributed by atoms with Gasteiger partial charge in [0.05, 0.1) is 16.1 Å². The molecule has 12 heteroatoms. The molecular formula is C21H20F3N3O5S. The molecule has 4 rings (SSSR count). The highest BCUT2D eigenvalue weighted by molar-refractivity contribution is 7.89. The Labute approximate surface area is 187 Å².